The molecule has 1 fully saturated rings. The Hall–Kier alpha value is -3.67. The molecule has 3 aromatic heterocycles. The summed E-state index contributed by atoms with van der Waals surface area (Å²) >= 11 is 5.65. The number of nitrogens with one attached hydrogen (secondary N) is 1. The van der Waals surface area contributed by atoms with Gasteiger partial charge in [-0.1, -0.05) is 6.07 Å². The third kappa shape index (κ3) is 6.69. The van der Waals surface area contributed by atoms with Gasteiger partial charge in [0.25, 0.3) is 5.91 Å². The third-order valence-electron chi connectivity index (χ3n) is 6.97. The van der Waals surface area contributed by atoms with Crippen molar-refractivity contribution in [2.45, 2.75) is 44.4 Å². The first-order valence-corrected chi connectivity index (χ1v) is 15.7. The lowest BCUT2D eigenvalue weighted by molar-refractivity contribution is -0.00547. The molecule has 4 aromatic rings. The molecule has 9 nitrogen and oxygen atoms in total. The normalized spacial score (nSPS) is 17.4. The number of benzene rings is 1. The minimum absolute atomic E-state index is 0.00413. The predicted molar refractivity (Wildman–Crippen MR) is 160 cm³/mol. The summed E-state index contributed by atoms with van der Waals surface area (Å²) in [5.41, 5.74) is 2.83. The average Bonchev–Trinajstić information content (AvgIpc) is 2.94. The zero-order valence-corrected chi connectivity index (χ0v) is 25.0. The summed E-state index contributed by atoms with van der Waals surface area (Å²) < 4.78 is 45.6. The van der Waals surface area contributed by atoms with Gasteiger partial charge in [-0.2, -0.15) is 0 Å². The molecule has 12 heteroatoms. The molecule has 0 unspecified atom stereocenters. The van der Waals surface area contributed by atoms with Crippen molar-refractivity contribution in [3.63, 3.8) is 0 Å². The Morgan fingerprint density at radius 1 is 1.07 bits per heavy atom. The number of sulfone groups is 1. The Morgan fingerprint density at radius 2 is 1.83 bits per heavy atom. The van der Waals surface area contributed by atoms with Gasteiger partial charge in [0.05, 0.1) is 52.0 Å². The fraction of sp³-hybridized carbons (Fsp3) is 0.333. The number of ether oxygens (including phenoxy) is 1. The number of aryl methyl sites for hydroxylation is 1. The summed E-state index contributed by atoms with van der Waals surface area (Å²) in [6.45, 7) is 6.94. The van der Waals surface area contributed by atoms with Crippen LogP contribution in [0.4, 0.5) is 10.2 Å². The lowest BCUT2D eigenvalue weighted by Gasteiger charge is -2.36. The molecule has 1 aromatic carbocycles. The molecule has 4 heterocycles. The van der Waals surface area contributed by atoms with Gasteiger partial charge >= 0.3 is 0 Å². The van der Waals surface area contributed by atoms with Crippen LogP contribution in [0.25, 0.3) is 22.3 Å². The van der Waals surface area contributed by atoms with Crippen LogP contribution in [0.15, 0.2) is 59.6 Å². The van der Waals surface area contributed by atoms with Gasteiger partial charge in [0.1, 0.15) is 11.6 Å². The minimum Gasteiger partial charge on any atom is -0.372 e. The SMILES string of the molecule is Cc1ccc(C(=O)NCc2cc3nc(-c4cc(F)cc(N5C[C@@H](C)O[C@@H](C)C5)n4)ccc3cn2)cc1S(=O)(=O)CCCl. The number of hydrogen-bond donors (Lipinski definition) is 1. The van der Waals surface area contributed by atoms with Gasteiger partial charge in [-0.25, -0.2) is 22.8 Å². The highest BCUT2D eigenvalue weighted by molar-refractivity contribution is 7.91. The maximum atomic E-state index is 14.7. The lowest BCUT2D eigenvalue weighted by atomic mass is 10.1. The first kappa shape index (κ1) is 29.8. The van der Waals surface area contributed by atoms with Gasteiger partial charge in [-0.05, 0) is 56.7 Å². The first-order chi connectivity index (χ1) is 20.0. The van der Waals surface area contributed by atoms with E-state index in [2.05, 4.69) is 10.3 Å². The molecule has 0 saturated carbocycles. The summed E-state index contributed by atoms with van der Waals surface area (Å²) in [6, 6.07) is 12.7. The van der Waals surface area contributed by atoms with Crippen LogP contribution in [0.2, 0.25) is 0 Å². The number of carbonyl (C=O) groups excluding carboxylic acids is 1. The molecule has 0 spiro atoms. The molecular formula is C30H31ClFN5O4S. The monoisotopic (exact) mass is 611 g/mol. The number of halogens is 2. The Kier molecular flexibility index (Phi) is 8.72. The number of amides is 1. The number of pyridine rings is 3. The number of carbonyl (C=O) groups is 1. The summed E-state index contributed by atoms with van der Waals surface area (Å²) in [6.07, 6.45) is 1.66. The Labute approximate surface area is 249 Å². The van der Waals surface area contributed by atoms with E-state index in [1.807, 2.05) is 24.8 Å². The zero-order valence-electron chi connectivity index (χ0n) is 23.5. The van der Waals surface area contributed by atoms with Crippen molar-refractivity contribution in [2.24, 2.45) is 0 Å². The second kappa shape index (κ2) is 12.3. The van der Waals surface area contributed by atoms with Crippen LogP contribution in [0.1, 0.15) is 35.5 Å². The van der Waals surface area contributed by atoms with E-state index in [1.54, 1.807) is 37.4 Å². The van der Waals surface area contributed by atoms with Crippen LogP contribution in [0.3, 0.4) is 0 Å². The van der Waals surface area contributed by atoms with Crippen molar-refractivity contribution in [1.29, 1.82) is 0 Å². The molecule has 220 valence electrons. The maximum Gasteiger partial charge on any atom is 0.251 e. The van der Waals surface area contributed by atoms with Crippen molar-refractivity contribution in [2.75, 3.05) is 29.6 Å². The molecule has 0 aliphatic carbocycles. The smallest absolute Gasteiger partial charge is 0.251 e. The van der Waals surface area contributed by atoms with Crippen molar-refractivity contribution in [3.05, 3.63) is 77.4 Å². The van der Waals surface area contributed by atoms with E-state index < -0.39 is 21.6 Å². The van der Waals surface area contributed by atoms with Crippen molar-refractivity contribution in [1.82, 2.24) is 20.3 Å². The van der Waals surface area contributed by atoms with Gasteiger partial charge in [0, 0.05) is 48.2 Å². The molecule has 1 amide bonds. The number of nitrogens with zero attached hydrogens (tertiary/aromatic N) is 4. The van der Waals surface area contributed by atoms with Gasteiger partial charge in [0.2, 0.25) is 0 Å². The highest BCUT2D eigenvalue weighted by Gasteiger charge is 2.24. The van der Waals surface area contributed by atoms with Crippen LogP contribution in [-0.2, 0) is 21.1 Å². The first-order valence-electron chi connectivity index (χ1n) is 13.5. The summed E-state index contributed by atoms with van der Waals surface area (Å²) in [4.78, 5) is 28.8. The van der Waals surface area contributed by atoms with E-state index in [0.29, 0.717) is 47.1 Å². The molecule has 5 rings (SSSR count). The van der Waals surface area contributed by atoms with Gasteiger partial charge in [-0.15, -0.1) is 11.6 Å². The Balaban J connectivity index is 1.35. The molecule has 2 atom stereocenters. The number of fused-ring (bicyclic) bond motifs is 1. The van der Waals surface area contributed by atoms with Crippen LogP contribution in [0, 0.1) is 12.7 Å². The average molecular weight is 612 g/mol. The van der Waals surface area contributed by atoms with Crippen molar-refractivity contribution in [3.8, 4) is 11.4 Å². The molecule has 1 saturated heterocycles. The van der Waals surface area contributed by atoms with E-state index in [1.165, 1.54) is 18.2 Å². The highest BCUT2D eigenvalue weighted by Crippen LogP contribution is 2.26. The molecule has 0 radical (unpaired) electrons. The van der Waals surface area contributed by atoms with Gasteiger partial charge in [-0.3, -0.25) is 9.78 Å². The fourth-order valence-electron chi connectivity index (χ4n) is 5.00. The van der Waals surface area contributed by atoms with Crippen LogP contribution in [0.5, 0.6) is 0 Å². The topological polar surface area (TPSA) is 114 Å². The summed E-state index contributed by atoms with van der Waals surface area (Å²) in [7, 11) is -3.60. The van der Waals surface area contributed by atoms with E-state index in [9.17, 15) is 17.6 Å². The molecule has 1 aliphatic heterocycles. The standard InChI is InChI=1S/C30H31ClFN5O4S/c1-18-4-5-21(10-28(18)42(39,40)9-8-31)30(38)34-15-24-13-26-22(14-33-24)6-7-25(35-26)27-11-23(32)12-29(36-27)37-16-19(2)41-20(3)17-37/h4-7,10-14,19-20H,8-9,15-17H2,1-3H3,(H,34,38)/t19-,20+. The quantitative estimate of drug-likeness (QED) is 0.285. The van der Waals surface area contributed by atoms with E-state index in [4.69, 9.17) is 26.3 Å². The van der Waals surface area contributed by atoms with Crippen LogP contribution in [-0.4, -0.2) is 66.2 Å². The largest absolute Gasteiger partial charge is 0.372 e. The van der Waals surface area contributed by atoms with Gasteiger partial charge < -0.3 is 15.0 Å². The third-order valence-corrected chi connectivity index (χ3v) is 9.24. The Morgan fingerprint density at radius 3 is 2.57 bits per heavy atom. The molecule has 42 heavy (non-hydrogen) atoms. The number of morpholine rings is 1. The van der Waals surface area contributed by atoms with E-state index in [-0.39, 0.29) is 40.8 Å². The molecular weight excluding hydrogens is 581 g/mol. The second-order valence-electron chi connectivity index (χ2n) is 10.4. The Bertz CT molecular complexity index is 1740. The number of alkyl halides is 1. The zero-order chi connectivity index (χ0) is 30.0. The number of hydrogen-bond acceptors (Lipinski definition) is 8. The van der Waals surface area contributed by atoms with E-state index in [0.717, 1.165) is 5.39 Å². The second-order valence-corrected chi connectivity index (χ2v) is 12.9. The highest BCUT2D eigenvalue weighted by atomic mass is 35.5. The van der Waals surface area contributed by atoms with Gasteiger partial charge in [0.15, 0.2) is 9.84 Å². The molecule has 1 N–H and O–H groups in total. The number of rotatable bonds is 8. The number of aromatic nitrogens is 3. The van der Waals surface area contributed by atoms with E-state index >= 15 is 0 Å². The van der Waals surface area contributed by atoms with Crippen LogP contribution < -0.4 is 10.2 Å². The molecule has 0 bridgehead atoms. The summed E-state index contributed by atoms with van der Waals surface area (Å²) in [5.74, 6) is -0.568. The lowest BCUT2D eigenvalue weighted by Crippen LogP contribution is -2.45. The maximum absolute atomic E-state index is 14.7. The predicted octanol–water partition coefficient (Wildman–Crippen LogP) is 4.70. The molecule has 1 aliphatic rings. The number of anilines is 1. The van der Waals surface area contributed by atoms with Crippen molar-refractivity contribution >= 4 is 44.1 Å². The summed E-state index contributed by atoms with van der Waals surface area (Å²) in [5, 5.41) is 3.56. The minimum atomic E-state index is -3.60. The fourth-order valence-corrected chi connectivity index (χ4v) is 6.90. The van der Waals surface area contributed by atoms with Crippen molar-refractivity contribution < 1.29 is 22.3 Å². The van der Waals surface area contributed by atoms with Crippen LogP contribution >= 0.6 is 11.6 Å².